The number of aromatic carboxylic acids is 1. The molecule has 4 aromatic carbocycles. The molecule has 0 aliphatic heterocycles. The highest BCUT2D eigenvalue weighted by Gasteiger charge is 2.21. The third kappa shape index (κ3) is 7.79. The molecule has 0 aliphatic carbocycles. The van der Waals surface area contributed by atoms with Crippen LogP contribution in [0, 0.1) is 19.8 Å². The second-order valence-electron chi connectivity index (χ2n) is 10.1. The Balaban J connectivity index is 1.72. The van der Waals surface area contributed by atoms with Crippen LogP contribution in [0.15, 0.2) is 84.9 Å². The van der Waals surface area contributed by atoms with Crippen LogP contribution in [0.4, 0.5) is 22.7 Å². The van der Waals surface area contributed by atoms with E-state index in [1.807, 2.05) is 27.7 Å². The summed E-state index contributed by atoms with van der Waals surface area (Å²) in [6.45, 7) is 7.94. The number of anilines is 4. The van der Waals surface area contributed by atoms with Crippen molar-refractivity contribution in [2.24, 2.45) is 5.92 Å². The minimum absolute atomic E-state index is 0.0694. The van der Waals surface area contributed by atoms with Crippen LogP contribution in [0.5, 0.6) is 17.2 Å². The quantitative estimate of drug-likeness (QED) is 0.172. The number of rotatable bonds is 12. The first-order chi connectivity index (χ1) is 20.4. The molecule has 0 saturated heterocycles. The molecule has 12 heteroatoms. The number of hydrogen-bond donors (Lipinski definition) is 1. The van der Waals surface area contributed by atoms with Crippen molar-refractivity contribution >= 4 is 51.3 Å². The number of aryl methyl sites for hydroxylation is 2. The Kier molecular flexibility index (Phi) is 10.2. The molecule has 0 amide bonds. The van der Waals surface area contributed by atoms with Gasteiger partial charge in [0.2, 0.25) is 0 Å². The summed E-state index contributed by atoms with van der Waals surface area (Å²) < 4.78 is 63.0. The van der Waals surface area contributed by atoms with Gasteiger partial charge in [-0.25, -0.2) is 4.79 Å². The van der Waals surface area contributed by atoms with Gasteiger partial charge in [-0.1, -0.05) is 49.2 Å². The van der Waals surface area contributed by atoms with Crippen LogP contribution in [0.1, 0.15) is 35.3 Å². The van der Waals surface area contributed by atoms with Crippen LogP contribution in [-0.2, 0) is 22.5 Å². The van der Waals surface area contributed by atoms with Crippen LogP contribution in [-0.4, -0.2) is 35.2 Å². The molecule has 0 bridgehead atoms. The van der Waals surface area contributed by atoms with Crippen LogP contribution >= 0.6 is 0 Å². The van der Waals surface area contributed by atoms with Gasteiger partial charge in [0.05, 0.1) is 57.5 Å². The zero-order chi connectivity index (χ0) is 31.3. The summed E-state index contributed by atoms with van der Waals surface area (Å²) in [7, 11) is 0. The van der Waals surface area contributed by atoms with Gasteiger partial charge in [0.25, 0.3) is 0 Å². The average Bonchev–Trinajstić information content (AvgIpc) is 2.95. The number of carboxylic acids is 1. The van der Waals surface area contributed by atoms with Gasteiger partial charge < -0.3 is 23.7 Å². The van der Waals surface area contributed by atoms with E-state index in [1.165, 1.54) is 36.4 Å². The highest BCUT2D eigenvalue weighted by Crippen LogP contribution is 2.40. The number of benzene rings is 4. The fourth-order valence-electron chi connectivity index (χ4n) is 4.13. The van der Waals surface area contributed by atoms with Gasteiger partial charge in [0.1, 0.15) is 17.2 Å². The molecular formula is C31H30N2O8S2-2. The van der Waals surface area contributed by atoms with E-state index < -0.39 is 28.5 Å². The molecule has 4 aromatic rings. The summed E-state index contributed by atoms with van der Waals surface area (Å²) in [6.07, 6.45) is 0. The summed E-state index contributed by atoms with van der Waals surface area (Å²) >= 11 is -5.49. The third-order valence-electron chi connectivity index (χ3n) is 6.21. The van der Waals surface area contributed by atoms with Crippen molar-refractivity contribution < 1.29 is 36.9 Å². The lowest BCUT2D eigenvalue weighted by Crippen LogP contribution is -2.22. The SMILES string of the molecule is Cc1ccc(N(c2ccc(Oc3ccc(N(c4ccc(C)cc4)S(=O)[O-])c(C(=O)O)c3)cc2OCC(C)C)S(=O)[O-])cc1. The summed E-state index contributed by atoms with van der Waals surface area (Å²) in [5, 5.41) is 9.95. The van der Waals surface area contributed by atoms with Gasteiger partial charge >= 0.3 is 5.97 Å². The predicted molar refractivity (Wildman–Crippen MR) is 165 cm³/mol. The van der Waals surface area contributed by atoms with E-state index in [0.29, 0.717) is 12.3 Å². The Labute approximate surface area is 255 Å². The molecule has 0 spiro atoms. The monoisotopic (exact) mass is 622 g/mol. The smallest absolute Gasteiger partial charge is 0.337 e. The molecule has 0 fully saturated rings. The summed E-state index contributed by atoms with van der Waals surface area (Å²) in [6, 6.07) is 22.2. The number of ether oxygens (including phenoxy) is 2. The van der Waals surface area contributed by atoms with Crippen molar-refractivity contribution in [3.05, 3.63) is 102 Å². The van der Waals surface area contributed by atoms with Crippen LogP contribution in [0.2, 0.25) is 0 Å². The lowest BCUT2D eigenvalue weighted by Gasteiger charge is -2.29. The molecule has 1 N–H and O–H groups in total. The molecule has 4 rings (SSSR count). The maximum absolute atomic E-state index is 12.3. The molecule has 226 valence electrons. The minimum Gasteiger partial charge on any atom is -0.755 e. The molecular weight excluding hydrogens is 592 g/mol. The zero-order valence-corrected chi connectivity index (χ0v) is 25.5. The second kappa shape index (κ2) is 13.8. The maximum Gasteiger partial charge on any atom is 0.337 e. The van der Waals surface area contributed by atoms with E-state index >= 15 is 0 Å². The normalized spacial score (nSPS) is 12.4. The topological polar surface area (TPSA) is 142 Å². The number of carboxylic acid groups (broad SMARTS) is 1. The standard InChI is InChI=1S/C31H32N2O8S2/c1-20(2)19-40-30-18-26(14-16-29(30)33(43(38)39)24-11-7-22(4)8-12-24)41-25-13-15-28(27(17-25)31(34)35)32(42(36)37)23-9-5-21(3)6-10-23/h5-18,20H,19H2,1-4H3,(H,34,35)(H,36,37)(H,38,39)/p-2. The number of hydrogen-bond acceptors (Lipinski definition) is 7. The van der Waals surface area contributed by atoms with Crippen molar-refractivity contribution in [3.8, 4) is 17.2 Å². The maximum atomic E-state index is 12.3. The van der Waals surface area contributed by atoms with E-state index in [-0.39, 0.29) is 45.8 Å². The molecule has 0 saturated carbocycles. The van der Waals surface area contributed by atoms with Gasteiger partial charge in [-0.3, -0.25) is 17.0 Å². The Morgan fingerprint density at radius 1 is 0.767 bits per heavy atom. The van der Waals surface area contributed by atoms with E-state index in [9.17, 15) is 27.4 Å². The van der Waals surface area contributed by atoms with Crippen molar-refractivity contribution in [3.63, 3.8) is 0 Å². The van der Waals surface area contributed by atoms with Crippen molar-refractivity contribution in [1.29, 1.82) is 0 Å². The first-order valence-corrected chi connectivity index (χ1v) is 15.3. The molecule has 43 heavy (non-hydrogen) atoms. The van der Waals surface area contributed by atoms with Crippen molar-refractivity contribution in [1.82, 2.24) is 0 Å². The zero-order valence-electron chi connectivity index (χ0n) is 23.9. The molecule has 0 heterocycles. The third-order valence-corrected chi connectivity index (χ3v) is 7.62. The van der Waals surface area contributed by atoms with Gasteiger partial charge in [-0.15, -0.1) is 0 Å². The molecule has 2 atom stereocenters. The Morgan fingerprint density at radius 3 is 1.70 bits per heavy atom. The molecule has 2 unspecified atom stereocenters. The van der Waals surface area contributed by atoms with Crippen LogP contribution in [0.25, 0.3) is 0 Å². The second-order valence-corrected chi connectivity index (χ2v) is 11.7. The van der Waals surface area contributed by atoms with E-state index in [0.717, 1.165) is 19.7 Å². The van der Waals surface area contributed by atoms with Crippen molar-refractivity contribution in [2.45, 2.75) is 27.7 Å². The average molecular weight is 623 g/mol. The first-order valence-electron chi connectivity index (χ1n) is 13.2. The molecule has 10 nitrogen and oxygen atoms in total. The summed E-state index contributed by atoms with van der Waals surface area (Å²) in [4.78, 5) is 12.2. The fraction of sp³-hybridized carbons (Fsp3) is 0.194. The molecule has 0 radical (unpaired) electrons. The Morgan fingerprint density at radius 2 is 1.23 bits per heavy atom. The van der Waals surface area contributed by atoms with Gasteiger partial charge in [0, 0.05) is 6.07 Å². The minimum atomic E-state index is -2.81. The van der Waals surface area contributed by atoms with Gasteiger partial charge in [-0.2, -0.15) is 0 Å². The van der Waals surface area contributed by atoms with E-state index in [4.69, 9.17) is 9.47 Å². The highest BCUT2D eigenvalue weighted by atomic mass is 32.2. The van der Waals surface area contributed by atoms with E-state index in [2.05, 4.69) is 0 Å². The van der Waals surface area contributed by atoms with Crippen LogP contribution in [0.3, 0.4) is 0 Å². The highest BCUT2D eigenvalue weighted by molar-refractivity contribution is 7.81. The predicted octanol–water partition coefficient (Wildman–Crippen LogP) is 6.69. The van der Waals surface area contributed by atoms with Crippen LogP contribution < -0.4 is 18.1 Å². The Hall–Kier alpha value is -4.23. The fourth-order valence-corrected chi connectivity index (χ4v) is 5.35. The Bertz CT molecular complexity index is 1640. The van der Waals surface area contributed by atoms with Gasteiger partial charge in [-0.05, 0) is 74.4 Å². The lowest BCUT2D eigenvalue weighted by molar-refractivity contribution is 0.0697. The summed E-state index contributed by atoms with van der Waals surface area (Å²) in [5.41, 5.74) is 2.45. The summed E-state index contributed by atoms with van der Waals surface area (Å²) in [5.74, 6) is -0.622. The van der Waals surface area contributed by atoms with E-state index in [1.54, 1.807) is 48.5 Å². The largest absolute Gasteiger partial charge is 0.755 e. The lowest BCUT2D eigenvalue weighted by atomic mass is 10.1. The number of carbonyl (C=O) groups is 1. The first kappa shape index (κ1) is 31.7. The number of nitrogens with zero attached hydrogens (tertiary/aromatic N) is 2. The molecule has 0 aliphatic rings. The molecule has 0 aromatic heterocycles. The van der Waals surface area contributed by atoms with Gasteiger partial charge in [0.15, 0.2) is 0 Å². The van der Waals surface area contributed by atoms with Crippen molar-refractivity contribution in [2.75, 3.05) is 15.2 Å².